The zero-order valence-electron chi connectivity index (χ0n) is 18.3. The summed E-state index contributed by atoms with van der Waals surface area (Å²) < 4.78 is 45.7. The summed E-state index contributed by atoms with van der Waals surface area (Å²) in [4.78, 5) is 12.4. The molecule has 2 aromatic heterocycles. The third kappa shape index (κ3) is 4.87. The predicted octanol–water partition coefficient (Wildman–Crippen LogP) is 1.99. The number of halogens is 1. The summed E-state index contributed by atoms with van der Waals surface area (Å²) in [7, 11) is -0.678. The lowest BCUT2D eigenvalue weighted by molar-refractivity contribution is 0.0946. The molecule has 0 bridgehead atoms. The summed E-state index contributed by atoms with van der Waals surface area (Å²) in [6, 6.07) is 14.8. The van der Waals surface area contributed by atoms with Crippen LogP contribution in [-0.2, 0) is 10.0 Å². The van der Waals surface area contributed by atoms with Crippen LogP contribution in [0.25, 0.3) is 17.0 Å². The summed E-state index contributed by atoms with van der Waals surface area (Å²) in [6.07, 6.45) is 0. The lowest BCUT2D eigenvalue weighted by atomic mass is 10.2. The minimum atomic E-state index is -3.56. The number of fused-ring (bicyclic) bond motifs is 1. The van der Waals surface area contributed by atoms with E-state index >= 15 is 0 Å². The normalized spacial score (nSPS) is 11.6. The maximum atomic E-state index is 13.2. The van der Waals surface area contributed by atoms with Crippen LogP contribution in [0.1, 0.15) is 10.4 Å². The second-order valence-corrected chi connectivity index (χ2v) is 9.54. The van der Waals surface area contributed by atoms with Gasteiger partial charge in [-0.15, -0.1) is 15.3 Å². The van der Waals surface area contributed by atoms with Gasteiger partial charge in [0.15, 0.2) is 11.5 Å². The zero-order valence-corrected chi connectivity index (χ0v) is 19.2. The molecule has 10 nitrogen and oxygen atoms in total. The fourth-order valence-corrected chi connectivity index (χ4v) is 3.94. The molecule has 4 aromatic rings. The van der Waals surface area contributed by atoms with Crippen LogP contribution in [0.15, 0.2) is 65.6 Å². The minimum Gasteiger partial charge on any atom is -0.475 e. The van der Waals surface area contributed by atoms with Gasteiger partial charge in [-0.3, -0.25) is 4.79 Å². The van der Waals surface area contributed by atoms with E-state index in [0.29, 0.717) is 28.5 Å². The number of carbonyl (C=O) groups excluding carboxylic acids is 1. The summed E-state index contributed by atoms with van der Waals surface area (Å²) in [6.45, 7) is 0.342. The van der Waals surface area contributed by atoms with E-state index in [1.807, 2.05) is 0 Å². The van der Waals surface area contributed by atoms with Crippen LogP contribution in [0.3, 0.4) is 0 Å². The Morgan fingerprint density at radius 3 is 2.41 bits per heavy atom. The first kappa shape index (κ1) is 23.3. The number of carbonyl (C=O) groups is 1. The predicted molar refractivity (Wildman–Crippen MR) is 121 cm³/mol. The van der Waals surface area contributed by atoms with Crippen molar-refractivity contribution in [3.05, 3.63) is 72.0 Å². The largest absolute Gasteiger partial charge is 0.475 e. The van der Waals surface area contributed by atoms with Crippen molar-refractivity contribution < 1.29 is 22.3 Å². The molecule has 34 heavy (non-hydrogen) atoms. The first-order valence-electron chi connectivity index (χ1n) is 10.2. The molecule has 4 rings (SSSR count). The Kier molecular flexibility index (Phi) is 6.52. The summed E-state index contributed by atoms with van der Waals surface area (Å²) in [5, 5.41) is 15.2. The van der Waals surface area contributed by atoms with Crippen molar-refractivity contribution in [1.82, 2.24) is 29.4 Å². The zero-order chi connectivity index (χ0) is 24.3. The number of nitrogens with one attached hydrogen (secondary N) is 1. The molecule has 176 valence electrons. The Morgan fingerprint density at radius 1 is 1.03 bits per heavy atom. The Balaban J connectivity index is 1.35. The van der Waals surface area contributed by atoms with Crippen LogP contribution < -0.4 is 10.1 Å². The standard InChI is InChI=1S/C22H21FN6O4S/c1-28(2)34(31,32)18-9-5-16(6-10-18)22(30)24-13-14-33-20-12-11-19-25-26-21(29(19)27-20)15-3-7-17(23)8-4-15/h3-12H,13-14H2,1-2H3,(H,24,30). The van der Waals surface area contributed by atoms with Crippen molar-refractivity contribution in [1.29, 1.82) is 0 Å². The molecule has 0 aliphatic rings. The number of amides is 1. The number of nitrogens with zero attached hydrogens (tertiary/aromatic N) is 5. The molecular weight excluding hydrogens is 463 g/mol. The number of benzene rings is 2. The molecule has 0 atom stereocenters. The molecule has 0 aliphatic carbocycles. The lowest BCUT2D eigenvalue weighted by Gasteiger charge is -2.11. The van der Waals surface area contributed by atoms with Crippen molar-refractivity contribution in [3.8, 4) is 17.3 Å². The summed E-state index contributed by atoms with van der Waals surface area (Å²) >= 11 is 0. The molecule has 2 aromatic carbocycles. The molecule has 0 aliphatic heterocycles. The van der Waals surface area contributed by atoms with Crippen LogP contribution in [-0.4, -0.2) is 65.7 Å². The van der Waals surface area contributed by atoms with E-state index in [2.05, 4.69) is 20.6 Å². The highest BCUT2D eigenvalue weighted by Crippen LogP contribution is 2.19. The molecule has 1 N–H and O–H groups in total. The van der Waals surface area contributed by atoms with Crippen LogP contribution >= 0.6 is 0 Å². The van der Waals surface area contributed by atoms with Gasteiger partial charge in [0.1, 0.15) is 12.4 Å². The smallest absolute Gasteiger partial charge is 0.251 e. The Bertz CT molecular complexity index is 1420. The number of aromatic nitrogens is 4. The van der Waals surface area contributed by atoms with Gasteiger partial charge in [-0.05, 0) is 54.6 Å². The molecule has 12 heteroatoms. The Labute approximate surface area is 195 Å². The quantitative estimate of drug-likeness (QED) is 0.380. The number of ether oxygens (including phenoxy) is 1. The van der Waals surface area contributed by atoms with Crippen LogP contribution in [0.5, 0.6) is 5.88 Å². The maximum absolute atomic E-state index is 13.2. The summed E-state index contributed by atoms with van der Waals surface area (Å²) in [5.74, 6) is 0.0148. The van der Waals surface area contributed by atoms with E-state index in [1.54, 1.807) is 24.3 Å². The molecule has 1 amide bonds. The molecule has 2 heterocycles. The first-order chi connectivity index (χ1) is 16.3. The molecule has 0 unspecified atom stereocenters. The molecule has 0 spiro atoms. The highest BCUT2D eigenvalue weighted by molar-refractivity contribution is 7.89. The van der Waals surface area contributed by atoms with Gasteiger partial charge in [-0.25, -0.2) is 17.1 Å². The van der Waals surface area contributed by atoms with Gasteiger partial charge in [0.2, 0.25) is 15.9 Å². The highest BCUT2D eigenvalue weighted by atomic mass is 32.2. The SMILES string of the molecule is CN(C)S(=O)(=O)c1ccc(C(=O)NCCOc2ccc3nnc(-c4ccc(F)cc4)n3n2)cc1. The van der Waals surface area contributed by atoms with Crippen LogP contribution in [0, 0.1) is 5.82 Å². The van der Waals surface area contributed by atoms with Crippen molar-refractivity contribution in [3.63, 3.8) is 0 Å². The van der Waals surface area contributed by atoms with Gasteiger partial charge in [0.25, 0.3) is 5.91 Å². The van der Waals surface area contributed by atoms with Gasteiger partial charge in [0, 0.05) is 31.3 Å². The molecule has 0 saturated heterocycles. The fraction of sp³-hybridized carbons (Fsp3) is 0.182. The van der Waals surface area contributed by atoms with E-state index in [0.717, 1.165) is 4.31 Å². The number of sulfonamides is 1. The minimum absolute atomic E-state index is 0.104. The Hall–Kier alpha value is -3.90. The van der Waals surface area contributed by atoms with Crippen molar-refractivity contribution in [2.75, 3.05) is 27.2 Å². The highest BCUT2D eigenvalue weighted by Gasteiger charge is 2.17. The third-order valence-electron chi connectivity index (χ3n) is 4.87. The van der Waals surface area contributed by atoms with Gasteiger partial charge in [-0.1, -0.05) is 0 Å². The number of hydrogen-bond acceptors (Lipinski definition) is 7. The average Bonchev–Trinajstić information content (AvgIpc) is 3.25. The summed E-state index contributed by atoms with van der Waals surface area (Å²) in [5.41, 5.74) is 1.47. The van der Waals surface area contributed by atoms with E-state index < -0.39 is 10.0 Å². The van der Waals surface area contributed by atoms with E-state index in [-0.39, 0.29) is 29.8 Å². The second kappa shape index (κ2) is 9.53. The Morgan fingerprint density at radius 2 is 1.74 bits per heavy atom. The molecule has 0 saturated carbocycles. The van der Waals surface area contributed by atoms with E-state index in [4.69, 9.17) is 4.74 Å². The van der Waals surface area contributed by atoms with Crippen LogP contribution in [0.2, 0.25) is 0 Å². The fourth-order valence-electron chi connectivity index (χ4n) is 3.04. The van der Waals surface area contributed by atoms with Gasteiger partial charge in [0.05, 0.1) is 11.4 Å². The van der Waals surface area contributed by atoms with Gasteiger partial charge < -0.3 is 10.1 Å². The van der Waals surface area contributed by atoms with Crippen molar-refractivity contribution >= 4 is 21.6 Å². The van der Waals surface area contributed by atoms with Gasteiger partial charge in [-0.2, -0.15) is 4.52 Å². The van der Waals surface area contributed by atoms with E-state index in [1.165, 1.54) is 55.0 Å². The first-order valence-corrected chi connectivity index (χ1v) is 11.6. The molecular formula is C22H21FN6O4S. The van der Waals surface area contributed by atoms with Crippen molar-refractivity contribution in [2.45, 2.75) is 4.90 Å². The lowest BCUT2D eigenvalue weighted by Crippen LogP contribution is -2.28. The molecule has 0 fully saturated rings. The van der Waals surface area contributed by atoms with Crippen molar-refractivity contribution in [2.24, 2.45) is 0 Å². The molecule has 0 radical (unpaired) electrons. The van der Waals surface area contributed by atoms with E-state index in [9.17, 15) is 17.6 Å². The maximum Gasteiger partial charge on any atom is 0.251 e. The average molecular weight is 485 g/mol. The number of hydrogen-bond donors (Lipinski definition) is 1. The third-order valence-corrected chi connectivity index (χ3v) is 6.70. The number of rotatable bonds is 8. The monoisotopic (exact) mass is 484 g/mol. The van der Waals surface area contributed by atoms with Crippen LogP contribution in [0.4, 0.5) is 4.39 Å². The topological polar surface area (TPSA) is 119 Å². The van der Waals surface area contributed by atoms with Gasteiger partial charge >= 0.3 is 0 Å². The second-order valence-electron chi connectivity index (χ2n) is 7.39.